The van der Waals surface area contributed by atoms with E-state index in [1.54, 1.807) is 6.20 Å². The highest BCUT2D eigenvalue weighted by molar-refractivity contribution is 5.92. The molecule has 5 heterocycles. The van der Waals surface area contributed by atoms with Crippen molar-refractivity contribution in [2.24, 2.45) is 7.05 Å². The lowest BCUT2D eigenvalue weighted by atomic mass is 9.97. The Labute approximate surface area is 231 Å². The van der Waals surface area contributed by atoms with Gasteiger partial charge in [0, 0.05) is 35.5 Å². The monoisotopic (exact) mass is 540 g/mol. The number of pyridine rings is 1. The summed E-state index contributed by atoms with van der Waals surface area (Å²) in [6, 6.07) is 7.78. The quantitative estimate of drug-likeness (QED) is 0.326. The molecule has 1 aliphatic heterocycles. The van der Waals surface area contributed by atoms with E-state index in [9.17, 15) is 4.79 Å². The summed E-state index contributed by atoms with van der Waals surface area (Å²) >= 11 is 0. The van der Waals surface area contributed by atoms with Gasteiger partial charge in [0.25, 0.3) is 11.7 Å². The number of ether oxygens (including phenoxy) is 1. The molecule has 11 heteroatoms. The molecule has 2 N–H and O–H groups in total. The first kappa shape index (κ1) is 25.7. The minimum Gasteiger partial charge on any atom is -0.493 e. The van der Waals surface area contributed by atoms with Crippen molar-refractivity contribution in [3.05, 3.63) is 59.1 Å². The summed E-state index contributed by atoms with van der Waals surface area (Å²) in [5, 5.41) is 11.5. The average Bonchev–Trinajstić information content (AvgIpc) is 3.59. The number of hydrogen-bond acceptors (Lipinski definition) is 8. The van der Waals surface area contributed by atoms with E-state index in [0.29, 0.717) is 18.1 Å². The summed E-state index contributed by atoms with van der Waals surface area (Å²) in [7, 11) is 1.93. The Morgan fingerprint density at radius 1 is 1.18 bits per heavy atom. The Bertz CT molecular complexity index is 1740. The lowest BCUT2D eigenvalue weighted by Gasteiger charge is -2.18. The molecule has 1 aromatic carbocycles. The predicted molar refractivity (Wildman–Crippen MR) is 149 cm³/mol. The second kappa shape index (κ2) is 9.58. The second-order valence-corrected chi connectivity index (χ2v) is 11.3. The van der Waals surface area contributed by atoms with Crippen LogP contribution in [0.2, 0.25) is 0 Å². The van der Waals surface area contributed by atoms with Crippen LogP contribution in [0.15, 0.2) is 35.0 Å². The van der Waals surface area contributed by atoms with Gasteiger partial charge in [0.1, 0.15) is 11.6 Å². The van der Waals surface area contributed by atoms with Crippen LogP contribution >= 0.6 is 0 Å². The van der Waals surface area contributed by atoms with Gasteiger partial charge in [0.15, 0.2) is 5.65 Å². The van der Waals surface area contributed by atoms with Crippen LogP contribution in [-0.4, -0.2) is 47.4 Å². The van der Waals surface area contributed by atoms with Crippen LogP contribution in [0.1, 0.15) is 73.1 Å². The first-order valence-electron chi connectivity index (χ1n) is 13.4. The van der Waals surface area contributed by atoms with E-state index in [2.05, 4.69) is 30.5 Å². The summed E-state index contributed by atoms with van der Waals surface area (Å²) < 4.78 is 13.3. The van der Waals surface area contributed by atoms with Crippen molar-refractivity contribution in [2.75, 3.05) is 6.61 Å². The van der Waals surface area contributed by atoms with Crippen molar-refractivity contribution in [2.45, 2.75) is 58.9 Å². The van der Waals surface area contributed by atoms with E-state index in [4.69, 9.17) is 14.2 Å². The molecule has 0 fully saturated rings. The molecule has 0 aliphatic carbocycles. The SMILES string of the molecule is Cc1nn(C)c(C)c1-c1nc2nccc(-c3ccc4c(c3)OCCC[C@@H]4NC(=O)c3noc(C(C)(C)C)n3)c2[nH]1. The van der Waals surface area contributed by atoms with Gasteiger partial charge in [-0.3, -0.25) is 9.48 Å². The van der Waals surface area contributed by atoms with Gasteiger partial charge >= 0.3 is 0 Å². The van der Waals surface area contributed by atoms with Crippen molar-refractivity contribution in [3.8, 4) is 28.3 Å². The van der Waals surface area contributed by atoms with Gasteiger partial charge in [-0.15, -0.1) is 0 Å². The van der Waals surface area contributed by atoms with Gasteiger partial charge in [-0.1, -0.05) is 38.1 Å². The summed E-state index contributed by atoms with van der Waals surface area (Å²) in [5.74, 6) is 1.55. The topological polar surface area (TPSA) is 137 Å². The van der Waals surface area contributed by atoms with Crippen LogP contribution in [0, 0.1) is 13.8 Å². The average molecular weight is 541 g/mol. The van der Waals surface area contributed by atoms with E-state index < -0.39 is 0 Å². The third-order valence-corrected chi connectivity index (χ3v) is 7.31. The Balaban J connectivity index is 1.32. The standard InChI is InChI=1S/C29H32N8O3/c1-15-22(16(2)37(6)35-15)24-32-23-18(11-12-30-25(23)33-24)17-9-10-19-20(8-7-13-39-21(19)14-17)31-27(38)26-34-28(40-36-26)29(3,4)5/h9-12,14,20H,7-8,13H2,1-6H3,(H,31,38)(H,30,32,33)/t20-/m0/s1. The highest BCUT2D eigenvalue weighted by atomic mass is 16.5. The molecule has 0 spiro atoms. The lowest BCUT2D eigenvalue weighted by Crippen LogP contribution is -2.29. The van der Waals surface area contributed by atoms with Crippen LogP contribution in [0.4, 0.5) is 0 Å². The molecule has 0 saturated heterocycles. The number of aromatic nitrogens is 7. The largest absolute Gasteiger partial charge is 0.493 e. The molecular formula is C29H32N8O3. The minimum atomic E-state index is -0.372. The molecule has 0 bridgehead atoms. The number of carbonyl (C=O) groups is 1. The molecule has 11 nitrogen and oxygen atoms in total. The zero-order valence-corrected chi connectivity index (χ0v) is 23.5. The molecule has 0 unspecified atom stereocenters. The molecule has 6 rings (SSSR count). The molecule has 1 atom stereocenters. The summed E-state index contributed by atoms with van der Waals surface area (Å²) in [4.78, 5) is 30.1. The van der Waals surface area contributed by atoms with Crippen molar-refractivity contribution in [1.29, 1.82) is 0 Å². The lowest BCUT2D eigenvalue weighted by molar-refractivity contribution is 0.0921. The fraction of sp³-hybridized carbons (Fsp3) is 0.379. The molecule has 1 amide bonds. The van der Waals surface area contributed by atoms with Gasteiger partial charge < -0.3 is 19.6 Å². The fourth-order valence-electron chi connectivity index (χ4n) is 5.12. The van der Waals surface area contributed by atoms with Crippen molar-refractivity contribution < 1.29 is 14.1 Å². The molecule has 40 heavy (non-hydrogen) atoms. The number of aryl methyl sites for hydroxylation is 2. The zero-order chi connectivity index (χ0) is 28.2. The van der Waals surface area contributed by atoms with Gasteiger partial charge in [0.05, 0.1) is 29.4 Å². The molecule has 0 saturated carbocycles. The van der Waals surface area contributed by atoms with E-state index in [0.717, 1.165) is 63.6 Å². The van der Waals surface area contributed by atoms with Crippen LogP contribution in [-0.2, 0) is 12.5 Å². The first-order valence-corrected chi connectivity index (χ1v) is 13.4. The zero-order valence-electron chi connectivity index (χ0n) is 23.5. The number of nitrogens with one attached hydrogen (secondary N) is 2. The maximum atomic E-state index is 13.0. The number of carbonyl (C=O) groups excluding carboxylic acids is 1. The third kappa shape index (κ3) is 4.51. The number of nitrogens with zero attached hydrogens (tertiary/aromatic N) is 6. The van der Waals surface area contributed by atoms with Gasteiger partial charge in [-0.2, -0.15) is 10.1 Å². The second-order valence-electron chi connectivity index (χ2n) is 11.3. The number of imidazole rings is 1. The van der Waals surface area contributed by atoms with Crippen molar-refractivity contribution in [3.63, 3.8) is 0 Å². The van der Waals surface area contributed by atoms with Gasteiger partial charge in [-0.05, 0) is 44.4 Å². The first-order chi connectivity index (χ1) is 19.1. The number of amides is 1. The Kier molecular flexibility index (Phi) is 6.16. The molecular weight excluding hydrogens is 508 g/mol. The molecule has 0 radical (unpaired) electrons. The van der Waals surface area contributed by atoms with E-state index >= 15 is 0 Å². The highest BCUT2D eigenvalue weighted by Gasteiger charge is 2.28. The predicted octanol–water partition coefficient (Wildman–Crippen LogP) is 4.97. The van der Waals surface area contributed by atoms with Crippen LogP contribution in [0.3, 0.4) is 0 Å². The van der Waals surface area contributed by atoms with Gasteiger partial charge in [-0.25, -0.2) is 9.97 Å². The Hall–Kier alpha value is -4.54. The number of fused-ring (bicyclic) bond motifs is 2. The van der Waals surface area contributed by atoms with Crippen LogP contribution in [0.5, 0.6) is 5.75 Å². The number of H-pyrrole nitrogens is 1. The number of benzene rings is 1. The van der Waals surface area contributed by atoms with E-state index in [1.807, 2.05) is 70.6 Å². The highest BCUT2D eigenvalue weighted by Crippen LogP contribution is 2.37. The summed E-state index contributed by atoms with van der Waals surface area (Å²) in [6.07, 6.45) is 3.29. The molecule has 1 aliphatic rings. The van der Waals surface area contributed by atoms with Crippen molar-refractivity contribution >= 4 is 17.1 Å². The minimum absolute atomic E-state index is 0.0292. The summed E-state index contributed by atoms with van der Waals surface area (Å²) in [6.45, 7) is 10.4. The maximum absolute atomic E-state index is 13.0. The smallest absolute Gasteiger partial charge is 0.293 e. The third-order valence-electron chi connectivity index (χ3n) is 7.31. The molecule has 4 aromatic heterocycles. The Morgan fingerprint density at radius 3 is 2.73 bits per heavy atom. The van der Waals surface area contributed by atoms with Gasteiger partial charge in [0.2, 0.25) is 5.89 Å². The van der Waals surface area contributed by atoms with E-state index in [1.165, 1.54) is 0 Å². The number of aromatic amines is 1. The normalized spacial score (nSPS) is 15.5. The fourth-order valence-corrected chi connectivity index (χ4v) is 5.12. The van der Waals surface area contributed by atoms with Crippen LogP contribution < -0.4 is 10.1 Å². The maximum Gasteiger partial charge on any atom is 0.293 e. The molecule has 5 aromatic rings. The van der Waals surface area contributed by atoms with E-state index in [-0.39, 0.29) is 23.2 Å². The van der Waals surface area contributed by atoms with Crippen molar-refractivity contribution in [1.82, 2.24) is 40.2 Å². The summed E-state index contributed by atoms with van der Waals surface area (Å²) in [5.41, 5.74) is 6.87. The van der Waals surface area contributed by atoms with Crippen LogP contribution in [0.25, 0.3) is 33.7 Å². The number of rotatable bonds is 4. The number of hydrogen-bond donors (Lipinski definition) is 2. The Morgan fingerprint density at radius 2 is 2.00 bits per heavy atom. The molecule has 206 valence electrons.